The number of carboxylic acids is 4. The average Bonchev–Trinajstić information content (AvgIpc) is 2.94. The highest BCUT2D eigenvalue weighted by Gasteiger charge is 2.08. The molecular weight excluding hydrogens is 582 g/mol. The number of carbonyl (C=O) groups is 5. The van der Waals surface area contributed by atoms with Crippen LogP contribution in [-0.2, 0) is 43.2 Å². The molecule has 0 aliphatic heterocycles. The van der Waals surface area contributed by atoms with Crippen LogP contribution in [0.5, 0.6) is 0 Å². The Morgan fingerprint density at radius 1 is 0.791 bits per heavy atom. The zero-order valence-corrected chi connectivity index (χ0v) is 23.7. The third kappa shape index (κ3) is 42.3. The molecular formula is C25H41N3O15. The van der Waals surface area contributed by atoms with Crippen molar-refractivity contribution in [2.45, 2.75) is 25.4 Å². The van der Waals surface area contributed by atoms with Crippen molar-refractivity contribution in [3.63, 3.8) is 0 Å². The van der Waals surface area contributed by atoms with Crippen LogP contribution >= 0.6 is 0 Å². The number of nitrogens with two attached hydrogens (primary N) is 3. The van der Waals surface area contributed by atoms with E-state index < -0.39 is 48.4 Å². The van der Waals surface area contributed by atoms with E-state index in [2.05, 4.69) is 14.5 Å². The van der Waals surface area contributed by atoms with Crippen LogP contribution in [-0.4, -0.2) is 113 Å². The van der Waals surface area contributed by atoms with Crippen LogP contribution in [0.25, 0.3) is 0 Å². The van der Waals surface area contributed by atoms with Crippen LogP contribution in [0.15, 0.2) is 60.4 Å². The van der Waals surface area contributed by atoms with Gasteiger partial charge in [0.25, 0.3) is 0 Å². The SMILES string of the molecule is CO/C=C(\C)C(=O)O.NC(C/C=C/C(=O)COO)C(=O)O.NC/C=C/C(N)C(=O)O.O=C(O)/C=C/COC/C=C/COO. The van der Waals surface area contributed by atoms with Crippen LogP contribution in [0.4, 0.5) is 0 Å². The van der Waals surface area contributed by atoms with Gasteiger partial charge in [-0.05, 0) is 19.4 Å². The van der Waals surface area contributed by atoms with Gasteiger partial charge in [-0.25, -0.2) is 19.4 Å². The molecule has 0 spiro atoms. The molecule has 2 unspecified atom stereocenters. The first-order valence-electron chi connectivity index (χ1n) is 11.8. The van der Waals surface area contributed by atoms with Crippen LogP contribution in [0.2, 0.25) is 0 Å². The van der Waals surface area contributed by atoms with Crippen molar-refractivity contribution in [3.05, 3.63) is 60.4 Å². The van der Waals surface area contributed by atoms with E-state index in [1.165, 1.54) is 44.6 Å². The fourth-order valence-electron chi connectivity index (χ4n) is 1.63. The molecule has 43 heavy (non-hydrogen) atoms. The number of rotatable bonds is 18. The maximum absolute atomic E-state index is 10.6. The van der Waals surface area contributed by atoms with Gasteiger partial charge < -0.3 is 47.1 Å². The summed E-state index contributed by atoms with van der Waals surface area (Å²) < 4.78 is 9.38. The van der Waals surface area contributed by atoms with Crippen molar-refractivity contribution < 1.29 is 74.2 Å². The number of carboxylic acid groups (broad SMARTS) is 4. The second-order valence-corrected chi connectivity index (χ2v) is 7.24. The summed E-state index contributed by atoms with van der Waals surface area (Å²) in [5, 5.41) is 48.6. The number of ether oxygens (including phenoxy) is 2. The van der Waals surface area contributed by atoms with Crippen LogP contribution in [0.1, 0.15) is 13.3 Å². The molecule has 246 valence electrons. The summed E-state index contributed by atoms with van der Waals surface area (Å²) in [6.07, 6.45) is 12.2. The molecule has 0 saturated heterocycles. The standard InChI is InChI=1S/C8H12O5.C7H11NO5.C5H10N2O2.C5H8O3/c9-8(10)4-3-6-12-5-1-2-7-13-11;8-6(7(10)11)3-1-2-5(9)4-13-12;6-3-1-2-4(7)5(8)9;1-4(3-8-2)5(6)7/h1-4,11H,5-7H2,(H,9,10);1-2,6,12H,3-4,8H2,(H,10,11);1-2,4H,3,6-7H2,(H,8,9);3H,1-2H3,(H,6,7)/b2-1+,4-3+;2*2-1+;4-3+. The van der Waals surface area contributed by atoms with Gasteiger partial charge in [0.15, 0.2) is 5.78 Å². The van der Waals surface area contributed by atoms with Crippen LogP contribution in [0.3, 0.4) is 0 Å². The van der Waals surface area contributed by atoms with Gasteiger partial charge in [0.2, 0.25) is 0 Å². The lowest BCUT2D eigenvalue weighted by atomic mass is 10.2. The molecule has 0 fully saturated rings. The van der Waals surface area contributed by atoms with Crippen molar-refractivity contribution in [1.82, 2.24) is 0 Å². The zero-order chi connectivity index (χ0) is 34.1. The Kier molecular flexibility index (Phi) is 36.1. The van der Waals surface area contributed by atoms with Gasteiger partial charge in [-0.15, -0.1) is 0 Å². The largest absolute Gasteiger partial charge is 0.504 e. The lowest BCUT2D eigenvalue weighted by molar-refractivity contribution is -0.236. The maximum Gasteiger partial charge on any atom is 0.334 e. The summed E-state index contributed by atoms with van der Waals surface area (Å²) in [5.41, 5.74) is 15.4. The van der Waals surface area contributed by atoms with Crippen LogP contribution in [0, 0.1) is 0 Å². The minimum absolute atomic E-state index is 0.0620. The molecule has 0 aliphatic rings. The van der Waals surface area contributed by atoms with E-state index in [4.69, 9.17) is 52.9 Å². The third-order valence-corrected chi connectivity index (χ3v) is 3.64. The van der Waals surface area contributed by atoms with Gasteiger partial charge >= 0.3 is 23.9 Å². The van der Waals surface area contributed by atoms with Gasteiger partial charge in [-0.2, -0.15) is 0 Å². The Hall–Kier alpha value is -4.27. The van der Waals surface area contributed by atoms with Gasteiger partial charge in [0.05, 0.1) is 32.2 Å². The molecule has 18 heteroatoms. The second-order valence-electron chi connectivity index (χ2n) is 7.24. The van der Waals surface area contributed by atoms with Gasteiger partial charge in [-0.3, -0.25) is 24.9 Å². The van der Waals surface area contributed by atoms with Gasteiger partial charge in [-0.1, -0.05) is 36.5 Å². The average molecular weight is 624 g/mol. The maximum atomic E-state index is 10.6. The van der Waals surface area contributed by atoms with Crippen molar-refractivity contribution in [1.29, 1.82) is 0 Å². The number of hydrogen-bond donors (Lipinski definition) is 9. The van der Waals surface area contributed by atoms with Crippen LogP contribution < -0.4 is 17.2 Å². The first kappa shape index (κ1) is 45.7. The lowest BCUT2D eigenvalue weighted by Gasteiger charge is -1.99. The summed E-state index contributed by atoms with van der Waals surface area (Å²) in [7, 11) is 1.41. The highest BCUT2D eigenvalue weighted by atomic mass is 17.1. The number of hydrogen-bond acceptors (Lipinski definition) is 14. The van der Waals surface area contributed by atoms with Crippen molar-refractivity contribution in [2.24, 2.45) is 17.2 Å². The predicted octanol–water partition coefficient (Wildman–Crippen LogP) is -0.373. The van der Waals surface area contributed by atoms with E-state index >= 15 is 0 Å². The van der Waals surface area contributed by atoms with E-state index in [1.807, 2.05) is 0 Å². The molecule has 18 nitrogen and oxygen atoms in total. The molecule has 0 aliphatic carbocycles. The predicted molar refractivity (Wildman–Crippen MR) is 150 cm³/mol. The van der Waals surface area contributed by atoms with E-state index in [0.29, 0.717) is 13.2 Å². The molecule has 0 aromatic heterocycles. The van der Waals surface area contributed by atoms with E-state index in [-0.39, 0.29) is 25.2 Å². The molecule has 0 heterocycles. The molecule has 0 aromatic rings. The van der Waals surface area contributed by atoms with Crippen molar-refractivity contribution in [3.8, 4) is 0 Å². The molecule has 0 saturated carbocycles. The van der Waals surface area contributed by atoms with Gasteiger partial charge in [0, 0.05) is 12.6 Å². The number of carbonyl (C=O) groups excluding carboxylic acids is 1. The molecule has 12 N–H and O–H groups in total. The minimum atomic E-state index is -1.13. The van der Waals surface area contributed by atoms with E-state index in [1.54, 1.807) is 12.2 Å². The molecule has 0 aromatic carbocycles. The number of aliphatic carboxylic acids is 4. The quantitative estimate of drug-likeness (QED) is 0.0235. The monoisotopic (exact) mass is 623 g/mol. The first-order valence-corrected chi connectivity index (χ1v) is 11.8. The summed E-state index contributed by atoms with van der Waals surface area (Å²) in [5.74, 6) is -4.57. The van der Waals surface area contributed by atoms with Gasteiger partial charge in [0.1, 0.15) is 25.3 Å². The fourth-order valence-corrected chi connectivity index (χ4v) is 1.63. The molecule has 0 radical (unpaired) electrons. The summed E-state index contributed by atoms with van der Waals surface area (Å²) in [6, 6.07) is -1.94. The highest BCUT2D eigenvalue weighted by molar-refractivity contribution is 5.90. The Balaban J connectivity index is -0.000000241. The Morgan fingerprint density at radius 2 is 1.37 bits per heavy atom. The number of ketones is 1. The normalized spacial score (nSPS) is 12.4. The minimum Gasteiger partial charge on any atom is -0.504 e. The second kappa shape index (κ2) is 33.9. The number of methoxy groups -OCH3 is 1. The Morgan fingerprint density at radius 3 is 1.79 bits per heavy atom. The lowest BCUT2D eigenvalue weighted by Crippen LogP contribution is -2.29. The first-order chi connectivity index (χ1) is 20.2. The molecule has 2 atom stereocenters. The topological polar surface area (TPSA) is 322 Å². The Bertz CT molecular complexity index is 931. The third-order valence-electron chi connectivity index (χ3n) is 3.64. The summed E-state index contributed by atoms with van der Waals surface area (Å²) >= 11 is 0. The summed E-state index contributed by atoms with van der Waals surface area (Å²) in [6.45, 7) is 2.06. The molecule has 0 rings (SSSR count). The van der Waals surface area contributed by atoms with Crippen molar-refractivity contribution >= 4 is 29.7 Å². The van der Waals surface area contributed by atoms with Crippen molar-refractivity contribution in [2.75, 3.05) is 40.1 Å². The Labute approximate surface area is 247 Å². The smallest absolute Gasteiger partial charge is 0.334 e. The molecule has 0 bridgehead atoms. The van der Waals surface area contributed by atoms with E-state index in [9.17, 15) is 24.0 Å². The zero-order valence-electron chi connectivity index (χ0n) is 23.7. The van der Waals surface area contributed by atoms with E-state index in [0.717, 1.165) is 12.2 Å². The fraction of sp³-hybridized carbons (Fsp3) is 0.400. The summed E-state index contributed by atoms with van der Waals surface area (Å²) in [4.78, 5) is 58.1. The molecule has 0 amide bonds. The highest BCUT2D eigenvalue weighted by Crippen LogP contribution is 1.91.